The largest absolute Gasteiger partial charge is 0.511 e. The number of rotatable bonds is 7. The molecule has 4 heteroatoms. The van der Waals surface area contributed by atoms with Gasteiger partial charge in [0.1, 0.15) is 11.3 Å². The number of carbonyl (C=O) groups is 2. The van der Waals surface area contributed by atoms with Crippen molar-refractivity contribution in [1.82, 2.24) is 0 Å². The molecule has 0 atom stereocenters. The van der Waals surface area contributed by atoms with Crippen molar-refractivity contribution in [2.24, 2.45) is 0 Å². The summed E-state index contributed by atoms with van der Waals surface area (Å²) in [4.78, 5) is 23.0. The number of benzene rings is 1. The fraction of sp³-hybridized carbons (Fsp3) is 0.375. The average molecular weight is 276 g/mol. The summed E-state index contributed by atoms with van der Waals surface area (Å²) in [6, 6.07) is 9.83. The number of allylic oxidation sites excluding steroid dienone is 1. The normalized spacial score (nSPS) is 11.7. The van der Waals surface area contributed by atoms with Gasteiger partial charge in [-0.05, 0) is 32.3 Å². The highest BCUT2D eigenvalue weighted by molar-refractivity contribution is 6.16. The van der Waals surface area contributed by atoms with Crippen LogP contribution in [0, 0.1) is 0 Å². The van der Waals surface area contributed by atoms with Crippen LogP contribution >= 0.6 is 0 Å². The Labute approximate surface area is 119 Å². The predicted molar refractivity (Wildman–Crippen MR) is 76.3 cm³/mol. The van der Waals surface area contributed by atoms with Crippen LogP contribution in [0.5, 0.6) is 0 Å². The zero-order valence-electron chi connectivity index (χ0n) is 11.9. The molecule has 1 aromatic rings. The van der Waals surface area contributed by atoms with Crippen molar-refractivity contribution < 1.29 is 19.4 Å². The Hall–Kier alpha value is -2.10. The summed E-state index contributed by atoms with van der Waals surface area (Å²) in [5.41, 5.74) is 0.917. The van der Waals surface area contributed by atoms with Gasteiger partial charge in [-0.3, -0.25) is 4.79 Å². The second-order valence-corrected chi connectivity index (χ2v) is 4.44. The van der Waals surface area contributed by atoms with Crippen molar-refractivity contribution in [3.05, 3.63) is 47.2 Å². The lowest BCUT2D eigenvalue weighted by molar-refractivity contribution is -0.140. The molecule has 0 heterocycles. The van der Waals surface area contributed by atoms with Crippen LogP contribution in [0.25, 0.3) is 0 Å². The van der Waals surface area contributed by atoms with E-state index in [0.29, 0.717) is 6.42 Å². The lowest BCUT2D eigenvalue weighted by Crippen LogP contribution is -2.16. The predicted octanol–water partition coefficient (Wildman–Crippen LogP) is 2.97. The first-order valence-electron chi connectivity index (χ1n) is 6.70. The molecule has 0 saturated heterocycles. The number of ketones is 1. The Kier molecular flexibility index (Phi) is 6.50. The van der Waals surface area contributed by atoms with E-state index >= 15 is 0 Å². The number of aliphatic hydroxyl groups excluding tert-OH is 1. The van der Waals surface area contributed by atoms with Crippen molar-refractivity contribution >= 4 is 11.8 Å². The van der Waals surface area contributed by atoms with Gasteiger partial charge in [-0.2, -0.15) is 0 Å². The highest BCUT2D eigenvalue weighted by Gasteiger charge is 2.20. The number of Topliss-reactive ketones (excluding diaryl/α,β-unsaturated/α-hetero) is 1. The summed E-state index contributed by atoms with van der Waals surface area (Å²) in [7, 11) is 0. The molecule has 20 heavy (non-hydrogen) atoms. The zero-order chi connectivity index (χ0) is 15.0. The maximum Gasteiger partial charge on any atom is 0.345 e. The third-order valence-electron chi connectivity index (χ3n) is 2.84. The summed E-state index contributed by atoms with van der Waals surface area (Å²) in [6.07, 6.45) is 1.72. The molecular weight excluding hydrogens is 256 g/mol. The van der Waals surface area contributed by atoms with Crippen LogP contribution in [-0.2, 0) is 20.7 Å². The molecule has 0 radical (unpaired) electrons. The van der Waals surface area contributed by atoms with Crippen molar-refractivity contribution in [3.63, 3.8) is 0 Å². The van der Waals surface area contributed by atoms with Crippen molar-refractivity contribution in [1.29, 1.82) is 0 Å². The van der Waals surface area contributed by atoms with Crippen molar-refractivity contribution in [2.45, 2.75) is 33.1 Å². The first-order chi connectivity index (χ1) is 9.56. The summed E-state index contributed by atoms with van der Waals surface area (Å²) in [5.74, 6) is -1.41. The van der Waals surface area contributed by atoms with Gasteiger partial charge in [-0.1, -0.05) is 30.3 Å². The SMILES string of the molecule is CCOC(=O)/C(C(C)=O)=C(/O)CCCc1ccccc1. The topological polar surface area (TPSA) is 63.6 Å². The maximum absolute atomic E-state index is 11.6. The molecule has 0 amide bonds. The van der Waals surface area contributed by atoms with Gasteiger partial charge in [0, 0.05) is 6.42 Å². The monoisotopic (exact) mass is 276 g/mol. The fourth-order valence-corrected chi connectivity index (χ4v) is 1.90. The van der Waals surface area contributed by atoms with E-state index in [1.165, 1.54) is 6.92 Å². The average Bonchev–Trinajstić information content (AvgIpc) is 2.40. The third-order valence-corrected chi connectivity index (χ3v) is 2.84. The quantitative estimate of drug-likeness (QED) is 0.273. The maximum atomic E-state index is 11.6. The molecule has 1 N–H and O–H groups in total. The Bertz CT molecular complexity index is 488. The van der Waals surface area contributed by atoms with E-state index in [-0.39, 0.29) is 24.4 Å². The minimum absolute atomic E-state index is 0.174. The molecule has 0 aliphatic carbocycles. The van der Waals surface area contributed by atoms with Gasteiger partial charge in [0.05, 0.1) is 6.61 Å². The van der Waals surface area contributed by atoms with E-state index in [1.54, 1.807) is 6.92 Å². The molecule has 0 saturated carbocycles. The van der Waals surface area contributed by atoms with E-state index in [0.717, 1.165) is 12.0 Å². The minimum atomic E-state index is -0.753. The molecule has 1 aromatic carbocycles. The van der Waals surface area contributed by atoms with Gasteiger partial charge in [0.15, 0.2) is 5.78 Å². The van der Waals surface area contributed by atoms with Crippen LogP contribution in [-0.4, -0.2) is 23.5 Å². The standard InChI is InChI=1S/C16H20O4/c1-3-20-16(19)15(12(2)17)14(18)11-7-10-13-8-5-4-6-9-13/h4-6,8-9,18H,3,7,10-11H2,1-2H3/b15-14+. The number of esters is 1. The smallest absolute Gasteiger partial charge is 0.345 e. The van der Waals surface area contributed by atoms with E-state index < -0.39 is 11.8 Å². The van der Waals surface area contributed by atoms with Crippen molar-refractivity contribution in [2.75, 3.05) is 6.61 Å². The van der Waals surface area contributed by atoms with Crippen LogP contribution < -0.4 is 0 Å². The molecule has 0 aromatic heterocycles. The second-order valence-electron chi connectivity index (χ2n) is 4.44. The van der Waals surface area contributed by atoms with Gasteiger partial charge >= 0.3 is 5.97 Å². The molecule has 0 aliphatic rings. The highest BCUT2D eigenvalue weighted by atomic mass is 16.5. The molecule has 4 nitrogen and oxygen atoms in total. The molecule has 1 rings (SSSR count). The third kappa shape index (κ3) is 4.88. The van der Waals surface area contributed by atoms with E-state index in [9.17, 15) is 14.7 Å². The van der Waals surface area contributed by atoms with Crippen LogP contribution in [0.2, 0.25) is 0 Å². The molecule has 0 fully saturated rings. The number of aryl methyl sites for hydroxylation is 1. The van der Waals surface area contributed by atoms with Crippen LogP contribution in [0.4, 0.5) is 0 Å². The van der Waals surface area contributed by atoms with Gasteiger partial charge in [0.2, 0.25) is 0 Å². The second kappa shape index (κ2) is 8.15. The number of ether oxygens (including phenoxy) is 1. The lowest BCUT2D eigenvalue weighted by Gasteiger charge is -2.07. The van der Waals surface area contributed by atoms with Crippen molar-refractivity contribution in [3.8, 4) is 0 Å². The molecule has 0 unspecified atom stereocenters. The summed E-state index contributed by atoms with van der Waals surface area (Å²) < 4.78 is 4.77. The van der Waals surface area contributed by atoms with E-state index in [4.69, 9.17) is 4.74 Å². The zero-order valence-corrected chi connectivity index (χ0v) is 11.9. The van der Waals surface area contributed by atoms with E-state index in [2.05, 4.69) is 0 Å². The first-order valence-corrected chi connectivity index (χ1v) is 6.70. The lowest BCUT2D eigenvalue weighted by atomic mass is 10.0. The number of aliphatic hydroxyl groups is 1. The molecule has 108 valence electrons. The molecule has 0 spiro atoms. The van der Waals surface area contributed by atoms with Gasteiger partial charge < -0.3 is 9.84 Å². The van der Waals surface area contributed by atoms with Gasteiger partial charge in [-0.15, -0.1) is 0 Å². The van der Waals surface area contributed by atoms with Crippen LogP contribution in [0.3, 0.4) is 0 Å². The molecule has 0 bridgehead atoms. The number of hydrogen-bond donors (Lipinski definition) is 1. The Balaban J connectivity index is 2.65. The van der Waals surface area contributed by atoms with E-state index in [1.807, 2.05) is 30.3 Å². The summed E-state index contributed by atoms with van der Waals surface area (Å²) in [5, 5.41) is 9.91. The fourth-order valence-electron chi connectivity index (χ4n) is 1.90. The van der Waals surface area contributed by atoms with Crippen LogP contribution in [0.1, 0.15) is 32.3 Å². The Morgan fingerprint density at radius 3 is 2.40 bits per heavy atom. The summed E-state index contributed by atoms with van der Waals surface area (Å²) >= 11 is 0. The van der Waals surface area contributed by atoms with Gasteiger partial charge in [-0.25, -0.2) is 4.79 Å². The Morgan fingerprint density at radius 1 is 1.20 bits per heavy atom. The van der Waals surface area contributed by atoms with Gasteiger partial charge in [0.25, 0.3) is 0 Å². The highest BCUT2D eigenvalue weighted by Crippen LogP contribution is 2.14. The minimum Gasteiger partial charge on any atom is -0.511 e. The first kappa shape index (κ1) is 16.0. The molecule has 0 aliphatic heterocycles. The Morgan fingerprint density at radius 2 is 1.85 bits per heavy atom. The molecular formula is C16H20O4. The number of hydrogen-bond acceptors (Lipinski definition) is 4. The summed E-state index contributed by atoms with van der Waals surface area (Å²) in [6.45, 7) is 3.08. The van der Waals surface area contributed by atoms with Crippen LogP contribution in [0.15, 0.2) is 41.7 Å². The number of carbonyl (C=O) groups excluding carboxylic acids is 2.